The second kappa shape index (κ2) is 8.00. The van der Waals surface area contributed by atoms with Gasteiger partial charge in [-0.25, -0.2) is 0 Å². The van der Waals surface area contributed by atoms with Crippen LogP contribution in [0, 0.1) is 0 Å². The molecule has 0 saturated heterocycles. The van der Waals surface area contributed by atoms with Crippen LogP contribution in [0.3, 0.4) is 0 Å². The fourth-order valence-electron chi connectivity index (χ4n) is 1.74. The molecule has 1 heterocycles. The van der Waals surface area contributed by atoms with Gasteiger partial charge in [0.1, 0.15) is 17.1 Å². The number of nitrogens with zero attached hydrogens (tertiary/aromatic N) is 2. The lowest BCUT2D eigenvalue weighted by molar-refractivity contribution is 0.102. The first-order valence-corrected chi connectivity index (χ1v) is 8.48. The summed E-state index contributed by atoms with van der Waals surface area (Å²) in [5.41, 5.74) is 0.338. The van der Waals surface area contributed by atoms with E-state index in [1.54, 1.807) is 30.0 Å². The molecular weight excluding hydrogens is 322 g/mol. The maximum Gasteiger partial charge on any atom is 0.265 e. The summed E-state index contributed by atoms with van der Waals surface area (Å²) in [5.74, 6) is 1.53. The lowest BCUT2D eigenvalue weighted by atomic mass is 10.1. The van der Waals surface area contributed by atoms with E-state index in [1.807, 2.05) is 0 Å². The standard InChI is InChI=1S/C14H17N3O3S2/c1-4-8-21-14-17-16-13(22-14)15-12(18)11-9(19-2)6-5-7-10(11)20-3/h5-7H,4,8H2,1-3H3,(H,15,16,18). The van der Waals surface area contributed by atoms with Crippen LogP contribution in [0.15, 0.2) is 22.5 Å². The Kier molecular flexibility index (Phi) is 6.02. The summed E-state index contributed by atoms with van der Waals surface area (Å²) in [7, 11) is 3.02. The van der Waals surface area contributed by atoms with Crippen LogP contribution in [0.25, 0.3) is 0 Å². The third kappa shape index (κ3) is 3.89. The highest BCUT2D eigenvalue weighted by molar-refractivity contribution is 8.01. The zero-order valence-corrected chi connectivity index (χ0v) is 14.2. The first kappa shape index (κ1) is 16.6. The highest BCUT2D eigenvalue weighted by Gasteiger charge is 2.19. The number of hydrogen-bond acceptors (Lipinski definition) is 7. The van der Waals surface area contributed by atoms with Gasteiger partial charge >= 0.3 is 0 Å². The van der Waals surface area contributed by atoms with Crippen molar-refractivity contribution >= 4 is 34.1 Å². The van der Waals surface area contributed by atoms with Gasteiger partial charge in [0.05, 0.1) is 14.2 Å². The Morgan fingerprint density at radius 3 is 2.55 bits per heavy atom. The van der Waals surface area contributed by atoms with Gasteiger partial charge in [0.15, 0.2) is 4.34 Å². The Balaban J connectivity index is 2.17. The number of hydrogen-bond donors (Lipinski definition) is 1. The van der Waals surface area contributed by atoms with Crippen LogP contribution in [0.4, 0.5) is 5.13 Å². The molecule has 1 N–H and O–H groups in total. The number of benzene rings is 1. The molecule has 2 rings (SSSR count). The summed E-state index contributed by atoms with van der Waals surface area (Å²) < 4.78 is 11.3. The molecule has 1 aromatic heterocycles. The molecule has 1 amide bonds. The molecule has 2 aromatic rings. The van der Waals surface area contributed by atoms with E-state index in [0.29, 0.717) is 22.2 Å². The van der Waals surface area contributed by atoms with Crippen LogP contribution in [-0.4, -0.2) is 36.1 Å². The topological polar surface area (TPSA) is 73.3 Å². The molecule has 0 bridgehead atoms. The minimum absolute atomic E-state index is 0.336. The van der Waals surface area contributed by atoms with E-state index >= 15 is 0 Å². The highest BCUT2D eigenvalue weighted by Crippen LogP contribution is 2.30. The Bertz CT molecular complexity index is 624. The molecule has 8 heteroatoms. The molecule has 0 saturated carbocycles. The van der Waals surface area contributed by atoms with Crippen molar-refractivity contribution in [2.24, 2.45) is 0 Å². The van der Waals surface area contributed by atoms with Gasteiger partial charge in [-0.3, -0.25) is 10.1 Å². The van der Waals surface area contributed by atoms with Crippen LogP contribution in [-0.2, 0) is 0 Å². The largest absolute Gasteiger partial charge is 0.496 e. The monoisotopic (exact) mass is 339 g/mol. The molecule has 0 aliphatic carbocycles. The van der Waals surface area contributed by atoms with Gasteiger partial charge in [0.2, 0.25) is 5.13 Å². The Morgan fingerprint density at radius 1 is 1.27 bits per heavy atom. The predicted octanol–water partition coefficient (Wildman–Crippen LogP) is 3.31. The van der Waals surface area contributed by atoms with Crippen LogP contribution in [0.5, 0.6) is 11.5 Å². The average Bonchev–Trinajstić information content (AvgIpc) is 2.99. The normalized spacial score (nSPS) is 10.3. The maximum absolute atomic E-state index is 12.5. The highest BCUT2D eigenvalue weighted by atomic mass is 32.2. The molecule has 0 fully saturated rings. The molecule has 22 heavy (non-hydrogen) atoms. The zero-order valence-electron chi connectivity index (χ0n) is 12.6. The average molecular weight is 339 g/mol. The van der Waals surface area contributed by atoms with Crippen molar-refractivity contribution in [2.75, 3.05) is 25.3 Å². The smallest absolute Gasteiger partial charge is 0.265 e. The molecule has 0 aliphatic heterocycles. The van der Waals surface area contributed by atoms with Crippen molar-refractivity contribution in [3.05, 3.63) is 23.8 Å². The molecule has 0 aliphatic rings. The number of ether oxygens (including phenoxy) is 2. The van der Waals surface area contributed by atoms with E-state index in [9.17, 15) is 4.79 Å². The van der Waals surface area contributed by atoms with Crippen LogP contribution >= 0.6 is 23.1 Å². The molecule has 0 radical (unpaired) electrons. The zero-order chi connectivity index (χ0) is 15.9. The predicted molar refractivity (Wildman–Crippen MR) is 88.4 cm³/mol. The van der Waals surface area contributed by atoms with Crippen molar-refractivity contribution in [3.8, 4) is 11.5 Å². The lowest BCUT2D eigenvalue weighted by Gasteiger charge is -2.11. The number of rotatable bonds is 7. The van der Waals surface area contributed by atoms with E-state index in [0.717, 1.165) is 16.5 Å². The number of methoxy groups -OCH3 is 2. The van der Waals surface area contributed by atoms with Crippen molar-refractivity contribution in [2.45, 2.75) is 17.7 Å². The second-order valence-electron chi connectivity index (χ2n) is 4.21. The number of anilines is 1. The Morgan fingerprint density at radius 2 is 1.95 bits per heavy atom. The number of thioether (sulfide) groups is 1. The maximum atomic E-state index is 12.5. The summed E-state index contributed by atoms with van der Waals surface area (Å²) in [5, 5.41) is 11.2. The molecule has 0 atom stereocenters. The van der Waals surface area contributed by atoms with E-state index in [4.69, 9.17) is 9.47 Å². The minimum Gasteiger partial charge on any atom is -0.496 e. The summed E-state index contributed by atoms with van der Waals surface area (Å²) in [6, 6.07) is 5.18. The van der Waals surface area contributed by atoms with Gasteiger partial charge in [0.25, 0.3) is 5.91 Å². The number of carbonyl (C=O) groups is 1. The fourth-order valence-corrected chi connectivity index (χ4v) is 3.41. The Labute approximate surface area is 137 Å². The van der Waals surface area contributed by atoms with Crippen molar-refractivity contribution < 1.29 is 14.3 Å². The third-order valence-electron chi connectivity index (χ3n) is 2.71. The Hall–Kier alpha value is -1.80. The molecular formula is C14H17N3O3S2. The van der Waals surface area contributed by atoms with Crippen molar-refractivity contribution in [1.82, 2.24) is 10.2 Å². The van der Waals surface area contributed by atoms with Crippen LogP contribution in [0.1, 0.15) is 23.7 Å². The molecule has 6 nitrogen and oxygen atoms in total. The van der Waals surface area contributed by atoms with E-state index in [2.05, 4.69) is 22.4 Å². The lowest BCUT2D eigenvalue weighted by Crippen LogP contribution is -2.14. The van der Waals surface area contributed by atoms with Crippen molar-refractivity contribution in [3.63, 3.8) is 0 Å². The summed E-state index contributed by atoms with van der Waals surface area (Å²) in [6.07, 6.45) is 1.06. The summed E-state index contributed by atoms with van der Waals surface area (Å²) >= 11 is 2.97. The summed E-state index contributed by atoms with van der Waals surface area (Å²) in [4.78, 5) is 12.5. The summed E-state index contributed by atoms with van der Waals surface area (Å²) in [6.45, 7) is 2.10. The minimum atomic E-state index is -0.336. The van der Waals surface area contributed by atoms with Gasteiger partial charge in [-0.2, -0.15) is 0 Å². The van der Waals surface area contributed by atoms with Gasteiger partial charge in [0, 0.05) is 5.75 Å². The van der Waals surface area contributed by atoms with Crippen molar-refractivity contribution in [1.29, 1.82) is 0 Å². The first-order chi connectivity index (χ1) is 10.7. The van der Waals surface area contributed by atoms with E-state index in [1.165, 1.54) is 25.6 Å². The van der Waals surface area contributed by atoms with E-state index in [-0.39, 0.29) is 5.91 Å². The first-order valence-electron chi connectivity index (χ1n) is 6.68. The van der Waals surface area contributed by atoms with Crippen LogP contribution < -0.4 is 14.8 Å². The molecule has 1 aromatic carbocycles. The SMILES string of the molecule is CCCSc1nnc(NC(=O)c2c(OC)cccc2OC)s1. The molecule has 118 valence electrons. The second-order valence-corrected chi connectivity index (χ2v) is 6.53. The van der Waals surface area contributed by atoms with Gasteiger partial charge < -0.3 is 9.47 Å². The van der Waals surface area contributed by atoms with Gasteiger partial charge in [-0.1, -0.05) is 36.1 Å². The van der Waals surface area contributed by atoms with E-state index < -0.39 is 0 Å². The molecule has 0 unspecified atom stereocenters. The van der Waals surface area contributed by atoms with Gasteiger partial charge in [-0.05, 0) is 18.6 Å². The van der Waals surface area contributed by atoms with Crippen LogP contribution in [0.2, 0.25) is 0 Å². The number of amides is 1. The quantitative estimate of drug-likeness (QED) is 0.616. The number of nitrogens with one attached hydrogen (secondary N) is 1. The number of carbonyl (C=O) groups excluding carboxylic acids is 1. The fraction of sp³-hybridized carbons (Fsp3) is 0.357. The third-order valence-corrected chi connectivity index (χ3v) is 4.89. The van der Waals surface area contributed by atoms with Gasteiger partial charge in [-0.15, -0.1) is 10.2 Å². The molecule has 0 spiro atoms. The number of aromatic nitrogens is 2.